The fraction of sp³-hybridized carbons (Fsp3) is 0.375. The highest BCUT2D eigenvalue weighted by molar-refractivity contribution is 7.92. The molecule has 0 fully saturated rings. The number of hydrogen-bond donors (Lipinski definition) is 1. The van der Waals surface area contributed by atoms with Crippen molar-refractivity contribution in [3.63, 3.8) is 0 Å². The first kappa shape index (κ1) is 31.7. The van der Waals surface area contributed by atoms with Gasteiger partial charge in [-0.05, 0) is 62.1 Å². The van der Waals surface area contributed by atoms with E-state index in [4.69, 9.17) is 4.74 Å². The molecule has 41 heavy (non-hydrogen) atoms. The Morgan fingerprint density at radius 2 is 1.56 bits per heavy atom. The van der Waals surface area contributed by atoms with E-state index in [2.05, 4.69) is 5.32 Å². The van der Waals surface area contributed by atoms with E-state index in [1.54, 1.807) is 42.5 Å². The molecule has 0 spiro atoms. The van der Waals surface area contributed by atoms with Gasteiger partial charge in [-0.15, -0.1) is 0 Å². The van der Waals surface area contributed by atoms with Crippen molar-refractivity contribution in [3.05, 3.63) is 90.0 Å². The van der Waals surface area contributed by atoms with Gasteiger partial charge in [0, 0.05) is 13.1 Å². The second-order valence-electron chi connectivity index (χ2n) is 9.74. The zero-order valence-electron chi connectivity index (χ0n) is 24.4. The Labute approximate surface area is 244 Å². The highest BCUT2D eigenvalue weighted by Crippen LogP contribution is 2.33. The summed E-state index contributed by atoms with van der Waals surface area (Å²) >= 11 is 0. The molecular weight excluding hydrogens is 538 g/mol. The van der Waals surface area contributed by atoms with Crippen LogP contribution >= 0.6 is 0 Å². The van der Waals surface area contributed by atoms with Crippen molar-refractivity contribution in [2.24, 2.45) is 0 Å². The summed E-state index contributed by atoms with van der Waals surface area (Å²) in [6, 6.07) is 21.7. The van der Waals surface area contributed by atoms with E-state index in [-0.39, 0.29) is 23.0 Å². The van der Waals surface area contributed by atoms with Gasteiger partial charge >= 0.3 is 0 Å². The zero-order valence-corrected chi connectivity index (χ0v) is 25.2. The quantitative estimate of drug-likeness (QED) is 0.246. The number of para-hydroxylation sites is 2. The Hall–Kier alpha value is -3.85. The molecule has 0 saturated heterocycles. The summed E-state index contributed by atoms with van der Waals surface area (Å²) in [6.45, 7) is 8.14. The van der Waals surface area contributed by atoms with Crippen molar-refractivity contribution in [2.75, 3.05) is 24.0 Å². The van der Waals surface area contributed by atoms with Crippen LogP contribution in [0.25, 0.3) is 0 Å². The molecule has 0 aromatic heterocycles. The molecule has 0 radical (unpaired) electrons. The second-order valence-corrected chi connectivity index (χ2v) is 11.6. The van der Waals surface area contributed by atoms with Gasteiger partial charge in [0.1, 0.15) is 18.3 Å². The predicted molar refractivity (Wildman–Crippen MR) is 162 cm³/mol. The molecular formula is C32H41N3O5S. The maximum atomic E-state index is 14.2. The van der Waals surface area contributed by atoms with Crippen LogP contribution in [0.2, 0.25) is 0 Å². The summed E-state index contributed by atoms with van der Waals surface area (Å²) in [7, 11) is -4.17. The van der Waals surface area contributed by atoms with Crippen LogP contribution in [0, 0.1) is 6.92 Å². The third kappa shape index (κ3) is 8.10. The molecule has 0 saturated carbocycles. The summed E-state index contributed by atoms with van der Waals surface area (Å²) in [6.07, 6.45) is 2.12. The van der Waals surface area contributed by atoms with Gasteiger partial charge in [-0.2, -0.15) is 0 Å². The molecule has 1 N–H and O–H groups in total. The van der Waals surface area contributed by atoms with Crippen LogP contribution in [0.3, 0.4) is 0 Å². The SMILES string of the molecule is CCCCNC(=O)C(CC)N(Cc1ccccc1C)C(=O)CN(c1ccccc1OCC)S(=O)(=O)c1ccccc1. The van der Waals surface area contributed by atoms with Crippen molar-refractivity contribution in [2.45, 2.75) is 64.4 Å². The van der Waals surface area contributed by atoms with Gasteiger partial charge in [0.25, 0.3) is 10.0 Å². The smallest absolute Gasteiger partial charge is 0.264 e. The lowest BCUT2D eigenvalue weighted by Crippen LogP contribution is -2.52. The van der Waals surface area contributed by atoms with Gasteiger partial charge in [-0.25, -0.2) is 8.42 Å². The summed E-state index contributed by atoms with van der Waals surface area (Å²) in [5, 5.41) is 2.95. The van der Waals surface area contributed by atoms with Gasteiger partial charge in [0.05, 0.1) is 17.2 Å². The third-order valence-electron chi connectivity index (χ3n) is 6.86. The minimum absolute atomic E-state index is 0.0499. The maximum Gasteiger partial charge on any atom is 0.264 e. The van der Waals surface area contributed by atoms with E-state index in [0.717, 1.165) is 28.3 Å². The van der Waals surface area contributed by atoms with E-state index in [1.165, 1.54) is 17.0 Å². The fourth-order valence-corrected chi connectivity index (χ4v) is 6.02. The third-order valence-corrected chi connectivity index (χ3v) is 8.64. The highest BCUT2D eigenvalue weighted by Gasteiger charge is 2.34. The largest absolute Gasteiger partial charge is 0.492 e. The normalized spacial score (nSPS) is 11.9. The molecule has 0 aliphatic carbocycles. The van der Waals surface area contributed by atoms with Gasteiger partial charge in [-0.1, -0.05) is 74.9 Å². The summed E-state index contributed by atoms with van der Waals surface area (Å²) in [5.74, 6) is -0.399. The van der Waals surface area contributed by atoms with E-state index < -0.39 is 28.5 Å². The number of nitrogens with zero attached hydrogens (tertiary/aromatic N) is 2. The maximum absolute atomic E-state index is 14.2. The Balaban J connectivity index is 2.08. The molecule has 0 aliphatic rings. The van der Waals surface area contributed by atoms with E-state index in [1.807, 2.05) is 52.0 Å². The summed E-state index contributed by atoms with van der Waals surface area (Å²) < 4.78 is 34.9. The second kappa shape index (κ2) is 15.2. The van der Waals surface area contributed by atoms with Crippen molar-refractivity contribution in [1.29, 1.82) is 0 Å². The number of benzene rings is 3. The molecule has 220 valence electrons. The number of unbranched alkanes of at least 4 members (excludes halogenated alkanes) is 1. The lowest BCUT2D eigenvalue weighted by atomic mass is 10.1. The van der Waals surface area contributed by atoms with Crippen molar-refractivity contribution in [1.82, 2.24) is 10.2 Å². The highest BCUT2D eigenvalue weighted by atomic mass is 32.2. The van der Waals surface area contributed by atoms with E-state index >= 15 is 0 Å². The van der Waals surface area contributed by atoms with Gasteiger partial charge in [0.2, 0.25) is 11.8 Å². The molecule has 0 aliphatic heterocycles. The minimum Gasteiger partial charge on any atom is -0.492 e. The number of hydrogen-bond acceptors (Lipinski definition) is 5. The number of anilines is 1. The van der Waals surface area contributed by atoms with Crippen molar-refractivity contribution in [3.8, 4) is 5.75 Å². The van der Waals surface area contributed by atoms with E-state index in [0.29, 0.717) is 25.3 Å². The van der Waals surface area contributed by atoms with Gasteiger partial charge < -0.3 is 15.0 Å². The fourth-order valence-electron chi connectivity index (χ4n) is 4.57. The lowest BCUT2D eigenvalue weighted by Gasteiger charge is -2.34. The standard InChI is InChI=1S/C32H41N3O5S/c1-5-8-22-33-32(37)28(6-2)34(23-26-17-13-12-16-25(26)4)31(36)24-35(29-20-14-15-21-30(29)40-7-3)41(38,39)27-18-10-9-11-19-27/h9-21,28H,5-8,22-24H2,1-4H3,(H,33,37). The Bertz CT molecular complexity index is 1400. The van der Waals surface area contributed by atoms with Crippen LogP contribution in [0.1, 0.15) is 51.2 Å². The number of ether oxygens (including phenoxy) is 1. The molecule has 1 atom stereocenters. The molecule has 3 rings (SSSR count). The Morgan fingerprint density at radius 3 is 2.22 bits per heavy atom. The van der Waals surface area contributed by atoms with Crippen molar-refractivity contribution >= 4 is 27.5 Å². The molecule has 8 nitrogen and oxygen atoms in total. The first-order valence-corrected chi connectivity index (χ1v) is 15.6. The lowest BCUT2D eigenvalue weighted by molar-refractivity contribution is -0.140. The molecule has 3 aromatic rings. The van der Waals surface area contributed by atoms with Gasteiger partial charge in [-0.3, -0.25) is 13.9 Å². The summed E-state index contributed by atoms with van der Waals surface area (Å²) in [5.41, 5.74) is 2.11. The number of aryl methyl sites for hydroxylation is 1. The predicted octanol–water partition coefficient (Wildman–Crippen LogP) is 5.31. The number of carbonyl (C=O) groups is 2. The van der Waals surface area contributed by atoms with Crippen LogP contribution in [-0.2, 0) is 26.2 Å². The average Bonchev–Trinajstić information content (AvgIpc) is 2.97. The number of amides is 2. The molecule has 0 bridgehead atoms. The minimum atomic E-state index is -4.17. The van der Waals surface area contributed by atoms with Crippen LogP contribution in [0.15, 0.2) is 83.8 Å². The molecule has 9 heteroatoms. The molecule has 0 heterocycles. The van der Waals surface area contributed by atoms with Crippen LogP contribution in [0.5, 0.6) is 5.75 Å². The van der Waals surface area contributed by atoms with Crippen molar-refractivity contribution < 1.29 is 22.7 Å². The van der Waals surface area contributed by atoms with Crippen LogP contribution < -0.4 is 14.4 Å². The molecule has 1 unspecified atom stereocenters. The zero-order chi connectivity index (χ0) is 29.8. The monoisotopic (exact) mass is 579 g/mol. The van der Waals surface area contributed by atoms with Crippen LogP contribution in [0.4, 0.5) is 5.69 Å². The Kier molecular flexibility index (Phi) is 11.8. The van der Waals surface area contributed by atoms with Crippen LogP contribution in [-0.4, -0.2) is 50.9 Å². The summed E-state index contributed by atoms with van der Waals surface area (Å²) in [4.78, 5) is 29.1. The molecule has 2 amide bonds. The van der Waals surface area contributed by atoms with E-state index in [9.17, 15) is 18.0 Å². The topological polar surface area (TPSA) is 96.0 Å². The number of carbonyl (C=O) groups excluding carboxylic acids is 2. The average molecular weight is 580 g/mol. The first-order valence-electron chi connectivity index (χ1n) is 14.2. The Morgan fingerprint density at radius 1 is 0.902 bits per heavy atom. The number of nitrogens with one attached hydrogen (secondary N) is 1. The number of rotatable bonds is 15. The first-order chi connectivity index (χ1) is 19.7. The number of sulfonamides is 1. The molecule has 3 aromatic carbocycles. The van der Waals surface area contributed by atoms with Gasteiger partial charge in [0.15, 0.2) is 0 Å².